The van der Waals surface area contributed by atoms with Gasteiger partial charge < -0.3 is 0 Å². The predicted octanol–water partition coefficient (Wildman–Crippen LogP) is 2.66. The third-order valence-electron chi connectivity index (χ3n) is 1.22. The van der Waals surface area contributed by atoms with E-state index in [-0.39, 0.29) is 0 Å². The lowest BCUT2D eigenvalue weighted by Crippen LogP contribution is -1.73. The van der Waals surface area contributed by atoms with Crippen molar-refractivity contribution in [3.8, 4) is 0 Å². The minimum Gasteiger partial charge on any atom is -0.297 e. The fraction of sp³-hybridized carbons (Fsp3) is 0. The number of rotatable bonds is 2. The molecular formula is C9H7IO. The van der Waals surface area contributed by atoms with Crippen molar-refractivity contribution in [1.82, 2.24) is 0 Å². The maximum atomic E-state index is 10.2. The average molecular weight is 258 g/mol. The zero-order valence-corrected chi connectivity index (χ0v) is 7.99. The van der Waals surface area contributed by atoms with Crippen LogP contribution >= 0.6 is 22.6 Å². The van der Waals surface area contributed by atoms with E-state index in [4.69, 9.17) is 0 Å². The van der Waals surface area contributed by atoms with Gasteiger partial charge in [0.2, 0.25) is 0 Å². The summed E-state index contributed by atoms with van der Waals surface area (Å²) in [5.74, 6) is 0. The van der Waals surface area contributed by atoms with E-state index in [2.05, 4.69) is 0 Å². The molecule has 0 N–H and O–H groups in total. The van der Waals surface area contributed by atoms with Crippen molar-refractivity contribution in [2.75, 3.05) is 0 Å². The number of carbonyl (C=O) groups excluding carboxylic acids is 1. The van der Waals surface area contributed by atoms with Gasteiger partial charge in [-0.3, -0.25) is 4.79 Å². The summed E-state index contributed by atoms with van der Waals surface area (Å²) in [4.78, 5) is 10.2. The van der Waals surface area contributed by atoms with Crippen molar-refractivity contribution in [2.24, 2.45) is 0 Å². The Labute approximate surface area is 79.3 Å². The highest BCUT2D eigenvalue weighted by Gasteiger charge is 1.87. The van der Waals surface area contributed by atoms with Crippen LogP contribution in [-0.2, 0) is 4.79 Å². The summed E-state index contributed by atoms with van der Waals surface area (Å²) in [6, 6.07) is 9.76. The van der Waals surface area contributed by atoms with Gasteiger partial charge in [-0.25, -0.2) is 0 Å². The molecule has 0 fully saturated rings. The Balaban J connectivity index is 2.87. The summed E-state index contributed by atoms with van der Waals surface area (Å²) in [6.45, 7) is 0. The third-order valence-corrected chi connectivity index (χ3v) is 1.78. The number of allylic oxidation sites excluding steroid dienone is 1. The van der Waals surface area contributed by atoms with Gasteiger partial charge >= 0.3 is 0 Å². The second-order valence-corrected chi connectivity index (χ2v) is 3.30. The summed E-state index contributed by atoms with van der Waals surface area (Å²) in [5, 5.41) is 0. The second kappa shape index (κ2) is 4.28. The van der Waals surface area contributed by atoms with Crippen LogP contribution in [0.1, 0.15) is 5.56 Å². The molecule has 0 unspecified atom stereocenters. The molecule has 1 aromatic rings. The minimum absolute atomic E-state index is 0.716. The first kappa shape index (κ1) is 8.46. The Morgan fingerprint density at radius 1 is 1.27 bits per heavy atom. The standard InChI is InChI=1S/C9H7IO/c10-9(7-11)6-8-4-2-1-3-5-8/h1-7H/b9-6-. The predicted molar refractivity (Wildman–Crippen MR) is 54.5 cm³/mol. The van der Waals surface area contributed by atoms with Crippen LogP contribution in [0.4, 0.5) is 0 Å². The highest BCUT2D eigenvalue weighted by molar-refractivity contribution is 14.1. The first-order chi connectivity index (χ1) is 5.33. The van der Waals surface area contributed by atoms with E-state index < -0.39 is 0 Å². The van der Waals surface area contributed by atoms with Crippen molar-refractivity contribution >= 4 is 35.0 Å². The second-order valence-electron chi connectivity index (χ2n) is 2.06. The topological polar surface area (TPSA) is 17.1 Å². The van der Waals surface area contributed by atoms with Gasteiger partial charge in [-0.1, -0.05) is 30.3 Å². The molecule has 2 heteroatoms. The van der Waals surface area contributed by atoms with Crippen LogP contribution in [0.3, 0.4) is 0 Å². The van der Waals surface area contributed by atoms with Crippen LogP contribution in [0, 0.1) is 0 Å². The molecule has 56 valence electrons. The molecule has 1 rings (SSSR count). The Hall–Kier alpha value is -0.640. The van der Waals surface area contributed by atoms with E-state index >= 15 is 0 Å². The maximum absolute atomic E-state index is 10.2. The zero-order chi connectivity index (χ0) is 8.10. The lowest BCUT2D eigenvalue weighted by molar-refractivity contribution is -0.104. The molecule has 0 atom stereocenters. The molecule has 0 saturated heterocycles. The molecule has 1 nitrogen and oxygen atoms in total. The first-order valence-electron chi connectivity index (χ1n) is 3.20. The van der Waals surface area contributed by atoms with Crippen LogP contribution in [0.15, 0.2) is 33.9 Å². The monoisotopic (exact) mass is 258 g/mol. The quantitative estimate of drug-likeness (QED) is 0.452. The van der Waals surface area contributed by atoms with Crippen molar-refractivity contribution in [1.29, 1.82) is 0 Å². The fourth-order valence-electron chi connectivity index (χ4n) is 0.743. The van der Waals surface area contributed by atoms with E-state index in [1.54, 1.807) is 0 Å². The molecule has 11 heavy (non-hydrogen) atoms. The Bertz CT molecular complexity index is 264. The van der Waals surface area contributed by atoms with Crippen LogP contribution in [-0.4, -0.2) is 6.29 Å². The molecule has 0 aliphatic heterocycles. The zero-order valence-electron chi connectivity index (χ0n) is 5.83. The molecule has 0 heterocycles. The molecular weight excluding hydrogens is 251 g/mol. The van der Waals surface area contributed by atoms with E-state index in [1.165, 1.54) is 0 Å². The molecule has 0 aliphatic carbocycles. The number of benzene rings is 1. The van der Waals surface area contributed by atoms with Gasteiger partial charge in [0.25, 0.3) is 0 Å². The highest BCUT2D eigenvalue weighted by Crippen LogP contribution is 2.09. The minimum atomic E-state index is 0.716. The van der Waals surface area contributed by atoms with Gasteiger partial charge in [0, 0.05) is 0 Å². The highest BCUT2D eigenvalue weighted by atomic mass is 127. The van der Waals surface area contributed by atoms with Crippen LogP contribution in [0.25, 0.3) is 6.08 Å². The Morgan fingerprint density at radius 2 is 1.91 bits per heavy atom. The lowest BCUT2D eigenvalue weighted by atomic mass is 10.2. The van der Waals surface area contributed by atoms with Crippen LogP contribution in [0.5, 0.6) is 0 Å². The molecule has 0 spiro atoms. The van der Waals surface area contributed by atoms with Gasteiger partial charge in [-0.2, -0.15) is 0 Å². The van der Waals surface area contributed by atoms with Crippen molar-refractivity contribution in [3.05, 3.63) is 39.5 Å². The maximum Gasteiger partial charge on any atom is 0.156 e. The van der Waals surface area contributed by atoms with Gasteiger partial charge in [0.05, 0.1) is 3.58 Å². The lowest BCUT2D eigenvalue weighted by Gasteiger charge is -1.89. The normalized spacial score (nSPS) is 11.2. The van der Waals surface area contributed by atoms with Crippen molar-refractivity contribution in [2.45, 2.75) is 0 Å². The summed E-state index contributed by atoms with van der Waals surface area (Å²) in [6.07, 6.45) is 2.68. The number of aldehydes is 1. The molecule has 0 aliphatic rings. The number of carbonyl (C=O) groups is 1. The average Bonchev–Trinajstić information content (AvgIpc) is 2.06. The molecule has 0 aromatic heterocycles. The number of hydrogen-bond donors (Lipinski definition) is 0. The first-order valence-corrected chi connectivity index (χ1v) is 4.28. The summed E-state index contributed by atoms with van der Waals surface area (Å²) < 4.78 is 0.716. The largest absolute Gasteiger partial charge is 0.297 e. The number of hydrogen-bond acceptors (Lipinski definition) is 1. The molecule has 0 bridgehead atoms. The summed E-state index contributed by atoms with van der Waals surface area (Å²) in [5.41, 5.74) is 1.06. The van der Waals surface area contributed by atoms with Gasteiger partial charge in [0.1, 0.15) is 0 Å². The van der Waals surface area contributed by atoms with Crippen LogP contribution in [0.2, 0.25) is 0 Å². The number of halogens is 1. The van der Waals surface area contributed by atoms with Crippen molar-refractivity contribution < 1.29 is 4.79 Å². The molecule has 0 saturated carbocycles. The SMILES string of the molecule is O=C/C(I)=C/c1ccccc1. The molecule has 1 aromatic carbocycles. The third kappa shape index (κ3) is 2.84. The summed E-state index contributed by atoms with van der Waals surface area (Å²) >= 11 is 2.00. The van der Waals surface area contributed by atoms with E-state index in [1.807, 2.05) is 59.0 Å². The molecule has 0 amide bonds. The Morgan fingerprint density at radius 3 is 2.45 bits per heavy atom. The van der Waals surface area contributed by atoms with Gasteiger partial charge in [-0.15, -0.1) is 0 Å². The fourth-order valence-corrected chi connectivity index (χ4v) is 1.10. The molecule has 0 radical (unpaired) electrons. The van der Waals surface area contributed by atoms with Crippen LogP contribution < -0.4 is 0 Å². The van der Waals surface area contributed by atoms with Crippen molar-refractivity contribution in [3.63, 3.8) is 0 Å². The van der Waals surface area contributed by atoms with Gasteiger partial charge in [0.15, 0.2) is 6.29 Å². The Kier molecular flexibility index (Phi) is 3.29. The summed E-state index contributed by atoms with van der Waals surface area (Å²) in [7, 11) is 0. The van der Waals surface area contributed by atoms with Gasteiger partial charge in [-0.05, 0) is 34.2 Å². The van der Waals surface area contributed by atoms with E-state index in [9.17, 15) is 4.79 Å². The smallest absolute Gasteiger partial charge is 0.156 e. The van der Waals surface area contributed by atoms with E-state index in [0.29, 0.717) is 3.58 Å². The van der Waals surface area contributed by atoms with E-state index in [0.717, 1.165) is 11.8 Å².